The van der Waals surface area contributed by atoms with Crippen LogP contribution in [0.2, 0.25) is 0 Å². The van der Waals surface area contributed by atoms with E-state index in [9.17, 15) is 4.79 Å². The van der Waals surface area contributed by atoms with Gasteiger partial charge in [0.05, 0.1) is 12.1 Å². The van der Waals surface area contributed by atoms with Crippen molar-refractivity contribution >= 4 is 11.7 Å². The van der Waals surface area contributed by atoms with Crippen molar-refractivity contribution in [3.8, 4) is 5.75 Å². The molecule has 2 rings (SSSR count). The standard InChI is InChI=1S/C12H17N3O2/c1-8(2)17-10-4-3-5-13-12(10)15-9-6-11(16)14-7-9/h3-5,8-9H,6-7H2,1-2H3,(H,13,15)(H,14,16). The van der Waals surface area contributed by atoms with Crippen LogP contribution in [0.15, 0.2) is 18.3 Å². The third-order valence-electron chi connectivity index (χ3n) is 2.45. The summed E-state index contributed by atoms with van der Waals surface area (Å²) in [6.45, 7) is 4.57. The number of amides is 1. The lowest BCUT2D eigenvalue weighted by Gasteiger charge is -2.16. The number of aromatic nitrogens is 1. The molecular weight excluding hydrogens is 218 g/mol. The average Bonchev–Trinajstić information content (AvgIpc) is 2.66. The maximum atomic E-state index is 11.1. The zero-order chi connectivity index (χ0) is 12.3. The smallest absolute Gasteiger partial charge is 0.222 e. The number of nitrogens with one attached hydrogen (secondary N) is 2. The SMILES string of the molecule is CC(C)Oc1cccnc1NC1CNC(=O)C1. The second-order valence-electron chi connectivity index (χ2n) is 4.37. The molecule has 1 atom stereocenters. The van der Waals surface area contributed by atoms with Crippen LogP contribution in [-0.4, -0.2) is 29.6 Å². The molecule has 1 aliphatic heterocycles. The number of ether oxygens (including phenoxy) is 1. The lowest BCUT2D eigenvalue weighted by Crippen LogP contribution is -2.23. The van der Waals surface area contributed by atoms with Gasteiger partial charge in [0.25, 0.3) is 0 Å². The molecule has 1 amide bonds. The van der Waals surface area contributed by atoms with Crippen molar-refractivity contribution in [2.75, 3.05) is 11.9 Å². The monoisotopic (exact) mass is 235 g/mol. The van der Waals surface area contributed by atoms with Gasteiger partial charge < -0.3 is 15.4 Å². The number of anilines is 1. The topological polar surface area (TPSA) is 63.2 Å². The Kier molecular flexibility index (Phi) is 3.46. The third-order valence-corrected chi connectivity index (χ3v) is 2.45. The molecule has 1 aromatic heterocycles. The van der Waals surface area contributed by atoms with Gasteiger partial charge in [-0.1, -0.05) is 0 Å². The summed E-state index contributed by atoms with van der Waals surface area (Å²) >= 11 is 0. The van der Waals surface area contributed by atoms with Gasteiger partial charge in [0.1, 0.15) is 0 Å². The average molecular weight is 235 g/mol. The van der Waals surface area contributed by atoms with Crippen molar-refractivity contribution in [3.05, 3.63) is 18.3 Å². The molecule has 2 N–H and O–H groups in total. The van der Waals surface area contributed by atoms with E-state index in [1.165, 1.54) is 0 Å². The molecule has 2 heterocycles. The molecule has 0 bridgehead atoms. The fraction of sp³-hybridized carbons (Fsp3) is 0.500. The summed E-state index contributed by atoms with van der Waals surface area (Å²) in [5.74, 6) is 1.49. The number of hydrogen-bond donors (Lipinski definition) is 2. The van der Waals surface area contributed by atoms with Crippen LogP contribution in [0.25, 0.3) is 0 Å². The minimum Gasteiger partial charge on any atom is -0.487 e. The molecule has 0 spiro atoms. The molecular formula is C12H17N3O2. The van der Waals surface area contributed by atoms with Gasteiger partial charge >= 0.3 is 0 Å². The highest BCUT2D eigenvalue weighted by Gasteiger charge is 2.22. The predicted molar refractivity (Wildman–Crippen MR) is 65.0 cm³/mol. The Labute approximate surface area is 101 Å². The maximum Gasteiger partial charge on any atom is 0.222 e. The minimum absolute atomic E-state index is 0.0739. The highest BCUT2D eigenvalue weighted by Crippen LogP contribution is 2.23. The Balaban J connectivity index is 2.06. The summed E-state index contributed by atoms with van der Waals surface area (Å²) in [7, 11) is 0. The van der Waals surface area contributed by atoms with Crippen LogP contribution in [0.1, 0.15) is 20.3 Å². The first-order valence-electron chi connectivity index (χ1n) is 5.80. The zero-order valence-electron chi connectivity index (χ0n) is 10.1. The number of carbonyl (C=O) groups is 1. The zero-order valence-corrected chi connectivity index (χ0v) is 10.1. The summed E-state index contributed by atoms with van der Waals surface area (Å²) in [4.78, 5) is 15.3. The van der Waals surface area contributed by atoms with E-state index < -0.39 is 0 Å². The number of nitrogens with zero attached hydrogens (tertiary/aromatic N) is 1. The lowest BCUT2D eigenvalue weighted by atomic mass is 10.2. The maximum absolute atomic E-state index is 11.1. The van der Waals surface area contributed by atoms with Crippen molar-refractivity contribution in [1.82, 2.24) is 10.3 Å². The van der Waals surface area contributed by atoms with Crippen molar-refractivity contribution in [2.24, 2.45) is 0 Å². The lowest BCUT2D eigenvalue weighted by molar-refractivity contribution is -0.119. The number of hydrogen-bond acceptors (Lipinski definition) is 4. The predicted octanol–water partition coefficient (Wildman–Crippen LogP) is 1.17. The van der Waals surface area contributed by atoms with Gasteiger partial charge in [-0.25, -0.2) is 4.98 Å². The fourth-order valence-electron chi connectivity index (χ4n) is 1.75. The second kappa shape index (κ2) is 5.03. The summed E-state index contributed by atoms with van der Waals surface area (Å²) < 4.78 is 5.65. The molecule has 0 saturated carbocycles. The summed E-state index contributed by atoms with van der Waals surface area (Å²) in [6.07, 6.45) is 2.29. The van der Waals surface area contributed by atoms with Crippen molar-refractivity contribution in [3.63, 3.8) is 0 Å². The first-order valence-corrected chi connectivity index (χ1v) is 5.80. The first kappa shape index (κ1) is 11.7. The van der Waals surface area contributed by atoms with E-state index in [0.717, 1.165) is 5.75 Å². The fourth-order valence-corrected chi connectivity index (χ4v) is 1.75. The van der Waals surface area contributed by atoms with Gasteiger partial charge in [0.2, 0.25) is 5.91 Å². The Morgan fingerprint density at radius 3 is 3.06 bits per heavy atom. The van der Waals surface area contributed by atoms with Gasteiger partial charge in [-0.3, -0.25) is 4.79 Å². The molecule has 5 nitrogen and oxygen atoms in total. The van der Waals surface area contributed by atoms with Crippen LogP contribution < -0.4 is 15.4 Å². The number of rotatable bonds is 4. The molecule has 0 aromatic carbocycles. The van der Waals surface area contributed by atoms with E-state index in [2.05, 4.69) is 15.6 Å². The van der Waals surface area contributed by atoms with Crippen LogP contribution in [-0.2, 0) is 4.79 Å². The molecule has 1 saturated heterocycles. The van der Waals surface area contributed by atoms with Crippen molar-refractivity contribution in [1.29, 1.82) is 0 Å². The van der Waals surface area contributed by atoms with Crippen LogP contribution in [0.3, 0.4) is 0 Å². The molecule has 5 heteroatoms. The van der Waals surface area contributed by atoms with E-state index in [1.807, 2.05) is 26.0 Å². The quantitative estimate of drug-likeness (QED) is 0.822. The number of pyridine rings is 1. The molecule has 17 heavy (non-hydrogen) atoms. The van der Waals surface area contributed by atoms with Crippen LogP contribution >= 0.6 is 0 Å². The Hall–Kier alpha value is -1.78. The summed E-state index contributed by atoms with van der Waals surface area (Å²) in [5.41, 5.74) is 0. The third kappa shape index (κ3) is 3.09. The van der Waals surface area contributed by atoms with E-state index in [1.54, 1.807) is 6.20 Å². The summed E-state index contributed by atoms with van der Waals surface area (Å²) in [6, 6.07) is 3.80. The van der Waals surface area contributed by atoms with Gasteiger partial charge in [0.15, 0.2) is 11.6 Å². The van der Waals surface area contributed by atoms with E-state index in [0.29, 0.717) is 18.8 Å². The van der Waals surface area contributed by atoms with E-state index in [4.69, 9.17) is 4.74 Å². The van der Waals surface area contributed by atoms with Crippen LogP contribution in [0.5, 0.6) is 5.75 Å². The molecule has 1 aromatic rings. The molecule has 1 unspecified atom stereocenters. The van der Waals surface area contributed by atoms with Crippen LogP contribution in [0, 0.1) is 0 Å². The second-order valence-corrected chi connectivity index (χ2v) is 4.37. The van der Waals surface area contributed by atoms with Gasteiger partial charge in [-0.2, -0.15) is 0 Å². The summed E-state index contributed by atoms with van der Waals surface area (Å²) in [5, 5.41) is 6.01. The molecule has 0 aliphatic carbocycles. The minimum atomic E-state index is 0.0739. The number of carbonyl (C=O) groups excluding carboxylic acids is 1. The van der Waals surface area contributed by atoms with Crippen LogP contribution in [0.4, 0.5) is 5.82 Å². The van der Waals surface area contributed by atoms with Gasteiger partial charge in [-0.05, 0) is 26.0 Å². The Morgan fingerprint density at radius 2 is 2.41 bits per heavy atom. The van der Waals surface area contributed by atoms with E-state index in [-0.39, 0.29) is 18.1 Å². The van der Waals surface area contributed by atoms with Crippen molar-refractivity contribution in [2.45, 2.75) is 32.4 Å². The normalized spacial score (nSPS) is 19.2. The van der Waals surface area contributed by atoms with E-state index >= 15 is 0 Å². The molecule has 0 radical (unpaired) electrons. The first-order chi connectivity index (χ1) is 8.15. The van der Waals surface area contributed by atoms with Gasteiger partial charge in [0, 0.05) is 19.2 Å². The van der Waals surface area contributed by atoms with Crippen molar-refractivity contribution < 1.29 is 9.53 Å². The highest BCUT2D eigenvalue weighted by atomic mass is 16.5. The Morgan fingerprint density at radius 1 is 1.59 bits per heavy atom. The van der Waals surface area contributed by atoms with Gasteiger partial charge in [-0.15, -0.1) is 0 Å². The Bertz CT molecular complexity index is 406. The highest BCUT2D eigenvalue weighted by molar-refractivity contribution is 5.79. The molecule has 1 fully saturated rings. The largest absolute Gasteiger partial charge is 0.487 e. The molecule has 92 valence electrons. The molecule has 1 aliphatic rings.